The Kier molecular flexibility index (Phi) is 77.3. The summed E-state index contributed by atoms with van der Waals surface area (Å²) in [6.07, 6.45) is 106. The first-order valence-electron chi connectivity index (χ1n) is 40.9. The molecule has 550 valence electrons. The van der Waals surface area contributed by atoms with Crippen LogP contribution >= 0.6 is 7.82 Å². The lowest BCUT2D eigenvalue weighted by atomic mass is 10.0. The summed E-state index contributed by atoms with van der Waals surface area (Å²) in [5.74, 6) is -0.803. The Bertz CT molecular complexity index is 1780. The Morgan fingerprint density at radius 2 is 0.585 bits per heavy atom. The highest BCUT2D eigenvalue weighted by Crippen LogP contribution is 2.43. The molecular formula is C84H156NO8P. The smallest absolute Gasteiger partial charge is 0.462 e. The zero-order valence-corrected chi connectivity index (χ0v) is 63.1. The largest absolute Gasteiger partial charge is 0.472 e. The summed E-state index contributed by atoms with van der Waals surface area (Å²) in [4.78, 5) is 35.5. The Morgan fingerprint density at radius 3 is 0.872 bits per heavy atom. The van der Waals surface area contributed by atoms with Crippen molar-refractivity contribution in [3.63, 3.8) is 0 Å². The lowest BCUT2D eigenvalue weighted by Gasteiger charge is -2.19. The standard InChI is InChI=1S/C84H156NO8P/c1-3-5-7-9-11-13-15-17-19-21-23-25-27-29-31-33-35-37-38-39-40-41-42-43-44-45-47-49-51-53-55-57-59-61-63-65-67-69-71-73-75-77-84(87)93-82(81-92-94(88,89)91-79-78-85)80-90-83(86)76-74-72-70-68-66-64-62-60-58-56-54-52-50-48-46-36-34-32-30-28-26-24-22-20-18-16-14-12-10-8-6-4-2/h5,7,11,13,17,19,23,25,29,31,35,37,82H,3-4,6,8-10,12,14-16,18,20-22,24,26-28,30,32-34,36,38-81,85H2,1-2H3,(H,88,89)/b7-5-,13-11-,19-17-,25-23-,31-29-,37-35-. The zero-order valence-electron chi connectivity index (χ0n) is 62.2. The fraction of sp³-hybridized carbons (Fsp3) is 0.833. The topological polar surface area (TPSA) is 134 Å². The Labute approximate surface area is 583 Å². The van der Waals surface area contributed by atoms with Crippen LogP contribution in [0.25, 0.3) is 0 Å². The van der Waals surface area contributed by atoms with Crippen LogP contribution in [0.1, 0.15) is 418 Å². The van der Waals surface area contributed by atoms with Gasteiger partial charge in [0, 0.05) is 19.4 Å². The SMILES string of the molecule is CC/C=C\C/C=C\C/C=C\C/C=C\C/C=C\C/C=C\CCCCCCCCCCCCCCCCCCCCCCCCC(=O)OC(COC(=O)CCCCCCCCCCCCCCCCCCCCCCCCCCCCCCCCCC)COP(=O)(O)OCCN. The van der Waals surface area contributed by atoms with Crippen LogP contribution < -0.4 is 5.73 Å². The molecule has 0 aromatic rings. The first kappa shape index (κ1) is 91.4. The highest BCUT2D eigenvalue weighted by molar-refractivity contribution is 7.47. The summed E-state index contributed by atoms with van der Waals surface area (Å²) < 4.78 is 33.3. The van der Waals surface area contributed by atoms with Crippen molar-refractivity contribution in [2.75, 3.05) is 26.4 Å². The first-order valence-corrected chi connectivity index (χ1v) is 42.4. The van der Waals surface area contributed by atoms with E-state index in [4.69, 9.17) is 24.3 Å². The summed E-state index contributed by atoms with van der Waals surface area (Å²) in [7, 11) is -4.40. The van der Waals surface area contributed by atoms with Gasteiger partial charge in [-0.25, -0.2) is 4.57 Å². The maximum absolute atomic E-state index is 12.8. The molecule has 94 heavy (non-hydrogen) atoms. The van der Waals surface area contributed by atoms with E-state index in [9.17, 15) is 19.0 Å². The Balaban J connectivity index is 3.75. The van der Waals surface area contributed by atoms with Gasteiger partial charge in [-0.2, -0.15) is 0 Å². The molecule has 0 saturated carbocycles. The molecule has 0 heterocycles. The number of rotatable bonds is 78. The lowest BCUT2D eigenvalue weighted by Crippen LogP contribution is -2.29. The second kappa shape index (κ2) is 79.4. The molecule has 2 unspecified atom stereocenters. The molecule has 0 rings (SSSR count). The monoisotopic (exact) mass is 1340 g/mol. The van der Waals surface area contributed by atoms with Crippen LogP contribution in [0.5, 0.6) is 0 Å². The zero-order chi connectivity index (χ0) is 67.9. The predicted molar refractivity (Wildman–Crippen MR) is 409 cm³/mol. The number of unbranched alkanes of at least 4 members (excludes halogenated alkanes) is 53. The third kappa shape index (κ3) is 78.4. The Morgan fingerprint density at radius 1 is 0.330 bits per heavy atom. The molecule has 3 N–H and O–H groups in total. The maximum atomic E-state index is 12.8. The Hall–Kier alpha value is -2.55. The molecule has 10 heteroatoms. The average Bonchev–Trinajstić information content (AvgIpc) is 3.59. The fourth-order valence-electron chi connectivity index (χ4n) is 12.4. The van der Waals surface area contributed by atoms with Gasteiger partial charge in [0.25, 0.3) is 0 Å². The molecular weight excluding hydrogens is 1180 g/mol. The number of hydrogen-bond acceptors (Lipinski definition) is 8. The number of ether oxygens (including phenoxy) is 2. The molecule has 0 fully saturated rings. The van der Waals surface area contributed by atoms with Crippen LogP contribution in [-0.2, 0) is 32.7 Å². The quantitative estimate of drug-likeness (QED) is 0.0264. The van der Waals surface area contributed by atoms with E-state index in [1.54, 1.807) is 0 Å². The molecule has 0 amide bonds. The molecule has 0 saturated heterocycles. The molecule has 0 spiro atoms. The minimum atomic E-state index is -4.40. The van der Waals surface area contributed by atoms with Gasteiger partial charge in [0.1, 0.15) is 6.61 Å². The van der Waals surface area contributed by atoms with Gasteiger partial charge in [0.15, 0.2) is 6.10 Å². The van der Waals surface area contributed by atoms with Crippen LogP contribution in [-0.4, -0.2) is 49.3 Å². The van der Waals surface area contributed by atoms with Crippen LogP contribution in [0, 0.1) is 0 Å². The van der Waals surface area contributed by atoms with Crippen LogP contribution in [0.3, 0.4) is 0 Å². The number of nitrogens with two attached hydrogens (primary N) is 1. The number of allylic oxidation sites excluding steroid dienone is 12. The number of carbonyl (C=O) groups is 2. The van der Waals surface area contributed by atoms with E-state index < -0.39 is 26.5 Å². The molecule has 9 nitrogen and oxygen atoms in total. The van der Waals surface area contributed by atoms with Crippen molar-refractivity contribution in [3.8, 4) is 0 Å². The van der Waals surface area contributed by atoms with E-state index in [-0.39, 0.29) is 38.6 Å². The summed E-state index contributed by atoms with van der Waals surface area (Å²) in [6.45, 7) is 3.71. The van der Waals surface area contributed by atoms with Gasteiger partial charge < -0.3 is 20.1 Å². The third-order valence-corrected chi connectivity index (χ3v) is 19.3. The number of phosphoric ester groups is 1. The van der Waals surface area contributed by atoms with Gasteiger partial charge in [0.2, 0.25) is 0 Å². The molecule has 0 radical (unpaired) electrons. The molecule has 0 aliphatic rings. The van der Waals surface area contributed by atoms with Crippen molar-refractivity contribution in [3.05, 3.63) is 72.9 Å². The van der Waals surface area contributed by atoms with E-state index in [1.165, 1.54) is 315 Å². The van der Waals surface area contributed by atoms with E-state index >= 15 is 0 Å². The van der Waals surface area contributed by atoms with E-state index in [0.29, 0.717) is 6.42 Å². The number of hydrogen-bond donors (Lipinski definition) is 2. The molecule has 0 aliphatic heterocycles. The fourth-order valence-corrected chi connectivity index (χ4v) is 13.1. The van der Waals surface area contributed by atoms with Gasteiger partial charge in [-0.15, -0.1) is 0 Å². The van der Waals surface area contributed by atoms with Crippen molar-refractivity contribution >= 4 is 19.8 Å². The number of phosphoric acid groups is 1. The second-order valence-corrected chi connectivity index (χ2v) is 29.1. The minimum Gasteiger partial charge on any atom is -0.462 e. The number of esters is 2. The molecule has 2 atom stereocenters. The minimum absolute atomic E-state index is 0.0555. The first-order chi connectivity index (χ1) is 46.3. The van der Waals surface area contributed by atoms with E-state index in [0.717, 1.165) is 70.6 Å². The third-order valence-electron chi connectivity index (χ3n) is 18.4. The number of carbonyl (C=O) groups excluding carboxylic acids is 2. The van der Waals surface area contributed by atoms with Gasteiger partial charge in [-0.05, 0) is 64.2 Å². The molecule has 0 aliphatic carbocycles. The van der Waals surface area contributed by atoms with Crippen molar-refractivity contribution in [2.24, 2.45) is 5.73 Å². The second-order valence-electron chi connectivity index (χ2n) is 27.6. The van der Waals surface area contributed by atoms with Gasteiger partial charge in [-0.1, -0.05) is 414 Å². The van der Waals surface area contributed by atoms with Crippen LogP contribution in [0.2, 0.25) is 0 Å². The van der Waals surface area contributed by atoms with E-state index in [1.807, 2.05) is 0 Å². The molecule has 0 aromatic heterocycles. The predicted octanol–water partition coefficient (Wildman–Crippen LogP) is 27.5. The summed E-state index contributed by atoms with van der Waals surface area (Å²) in [6, 6.07) is 0. The van der Waals surface area contributed by atoms with Crippen LogP contribution in [0.4, 0.5) is 0 Å². The summed E-state index contributed by atoms with van der Waals surface area (Å²) in [5, 5.41) is 0. The van der Waals surface area contributed by atoms with Crippen molar-refractivity contribution in [1.82, 2.24) is 0 Å². The van der Waals surface area contributed by atoms with Crippen molar-refractivity contribution in [2.45, 2.75) is 424 Å². The lowest BCUT2D eigenvalue weighted by molar-refractivity contribution is -0.161. The average molecular weight is 1340 g/mol. The normalized spacial score (nSPS) is 13.2. The maximum Gasteiger partial charge on any atom is 0.472 e. The van der Waals surface area contributed by atoms with Crippen molar-refractivity contribution in [1.29, 1.82) is 0 Å². The molecule has 0 aromatic carbocycles. The van der Waals surface area contributed by atoms with Crippen LogP contribution in [0.15, 0.2) is 72.9 Å². The highest BCUT2D eigenvalue weighted by Gasteiger charge is 2.26. The van der Waals surface area contributed by atoms with Gasteiger partial charge >= 0.3 is 19.8 Å². The molecule has 0 bridgehead atoms. The summed E-state index contributed by atoms with van der Waals surface area (Å²) >= 11 is 0. The van der Waals surface area contributed by atoms with Gasteiger partial charge in [0.05, 0.1) is 13.2 Å². The van der Waals surface area contributed by atoms with Gasteiger partial charge in [-0.3, -0.25) is 18.6 Å². The summed E-state index contributed by atoms with van der Waals surface area (Å²) in [5.41, 5.74) is 5.42. The van der Waals surface area contributed by atoms with Crippen molar-refractivity contribution < 1.29 is 37.6 Å². The highest BCUT2D eigenvalue weighted by atomic mass is 31.2. The van der Waals surface area contributed by atoms with E-state index in [2.05, 4.69) is 86.8 Å².